The SMILES string of the molecule is Cc1ccc(C(=O)n2c3ccccc3c3ccc4c(-c5ccccc5)c(-c5ccccc5)n(-c5ccccc5)c4c32)cc1. The van der Waals surface area contributed by atoms with Crippen LogP contribution >= 0.6 is 0 Å². The first-order valence-corrected chi connectivity index (χ1v) is 14.6. The molecule has 0 saturated heterocycles. The zero-order chi connectivity index (χ0) is 28.9. The molecule has 0 spiro atoms. The molecule has 43 heavy (non-hydrogen) atoms. The van der Waals surface area contributed by atoms with Crippen LogP contribution in [0.2, 0.25) is 0 Å². The van der Waals surface area contributed by atoms with Crippen LogP contribution in [0.15, 0.2) is 152 Å². The monoisotopic (exact) mass is 552 g/mol. The van der Waals surface area contributed by atoms with Gasteiger partial charge in [0.15, 0.2) is 0 Å². The van der Waals surface area contributed by atoms with E-state index in [9.17, 15) is 4.79 Å². The van der Waals surface area contributed by atoms with Gasteiger partial charge in [0, 0.05) is 33.0 Å². The normalized spacial score (nSPS) is 11.5. The van der Waals surface area contributed by atoms with Crippen LogP contribution < -0.4 is 0 Å². The molecule has 0 radical (unpaired) electrons. The van der Waals surface area contributed by atoms with Crippen molar-refractivity contribution in [1.82, 2.24) is 9.13 Å². The average molecular weight is 553 g/mol. The molecular formula is C40H28N2O. The van der Waals surface area contributed by atoms with Crippen LogP contribution in [0.5, 0.6) is 0 Å². The Hall–Kier alpha value is -5.67. The molecule has 8 aromatic rings. The Labute approximate surface area is 249 Å². The van der Waals surface area contributed by atoms with Gasteiger partial charge in [0.25, 0.3) is 5.91 Å². The van der Waals surface area contributed by atoms with Gasteiger partial charge in [-0.25, -0.2) is 0 Å². The van der Waals surface area contributed by atoms with Crippen molar-refractivity contribution in [2.45, 2.75) is 6.92 Å². The van der Waals surface area contributed by atoms with Crippen molar-refractivity contribution in [2.24, 2.45) is 0 Å². The molecule has 0 bridgehead atoms. The fraction of sp³-hybridized carbons (Fsp3) is 0.0250. The Morgan fingerprint density at radius 3 is 1.79 bits per heavy atom. The molecule has 0 atom stereocenters. The third kappa shape index (κ3) is 3.93. The van der Waals surface area contributed by atoms with E-state index in [0.717, 1.165) is 66.3 Å². The van der Waals surface area contributed by atoms with Gasteiger partial charge in [0.05, 0.1) is 22.2 Å². The third-order valence-corrected chi connectivity index (χ3v) is 8.39. The summed E-state index contributed by atoms with van der Waals surface area (Å²) in [5.41, 5.74) is 10.1. The molecule has 0 aliphatic heterocycles. The molecule has 0 amide bonds. The van der Waals surface area contributed by atoms with Crippen molar-refractivity contribution < 1.29 is 4.79 Å². The van der Waals surface area contributed by atoms with E-state index in [0.29, 0.717) is 5.56 Å². The Morgan fingerprint density at radius 1 is 0.512 bits per heavy atom. The summed E-state index contributed by atoms with van der Waals surface area (Å²) in [5, 5.41) is 3.21. The maximum Gasteiger partial charge on any atom is 0.262 e. The van der Waals surface area contributed by atoms with Gasteiger partial charge in [0.1, 0.15) is 0 Å². The van der Waals surface area contributed by atoms with Crippen LogP contribution in [0.3, 0.4) is 0 Å². The highest BCUT2D eigenvalue weighted by atomic mass is 16.2. The summed E-state index contributed by atoms with van der Waals surface area (Å²) in [6, 6.07) is 52.2. The lowest BCUT2D eigenvalue weighted by atomic mass is 9.98. The highest BCUT2D eigenvalue weighted by molar-refractivity contribution is 6.25. The zero-order valence-corrected chi connectivity index (χ0v) is 23.7. The average Bonchev–Trinajstić information content (AvgIpc) is 3.59. The Bertz CT molecular complexity index is 2280. The predicted molar refractivity (Wildman–Crippen MR) is 178 cm³/mol. The van der Waals surface area contributed by atoms with Crippen LogP contribution in [0, 0.1) is 6.92 Å². The number of hydrogen-bond donors (Lipinski definition) is 0. The molecular weight excluding hydrogens is 524 g/mol. The number of carbonyl (C=O) groups is 1. The van der Waals surface area contributed by atoms with E-state index in [1.165, 1.54) is 0 Å². The van der Waals surface area contributed by atoms with Crippen molar-refractivity contribution in [1.29, 1.82) is 0 Å². The minimum absolute atomic E-state index is 0.0398. The second kappa shape index (κ2) is 10.0. The van der Waals surface area contributed by atoms with E-state index in [2.05, 4.69) is 114 Å². The van der Waals surface area contributed by atoms with E-state index in [1.54, 1.807) is 0 Å². The van der Waals surface area contributed by atoms with Crippen molar-refractivity contribution >= 4 is 38.6 Å². The van der Waals surface area contributed by atoms with Gasteiger partial charge in [-0.3, -0.25) is 9.36 Å². The molecule has 0 unspecified atom stereocenters. The summed E-state index contributed by atoms with van der Waals surface area (Å²) >= 11 is 0. The summed E-state index contributed by atoms with van der Waals surface area (Å²) in [6.45, 7) is 2.04. The molecule has 8 rings (SSSR count). The summed E-state index contributed by atoms with van der Waals surface area (Å²) in [7, 11) is 0. The Balaban J connectivity index is 1.62. The minimum atomic E-state index is -0.0398. The standard InChI is InChI=1S/C40H28N2O/c1-27-21-23-30(24-22-27)40(43)42-35-20-12-11-19-32(35)33-25-26-34-36(28-13-5-2-6-14-28)37(29-15-7-3-8-16-29)41(39(34)38(33)42)31-17-9-4-10-18-31/h2-26H,1H3. The number of hydrogen-bond acceptors (Lipinski definition) is 1. The largest absolute Gasteiger partial charge is 0.307 e. The lowest BCUT2D eigenvalue weighted by Gasteiger charge is -2.14. The number of fused-ring (bicyclic) bond motifs is 5. The first-order chi connectivity index (χ1) is 21.2. The number of nitrogens with zero attached hydrogens (tertiary/aromatic N) is 2. The van der Waals surface area contributed by atoms with Gasteiger partial charge in [0.2, 0.25) is 0 Å². The van der Waals surface area contributed by atoms with E-state index < -0.39 is 0 Å². The van der Waals surface area contributed by atoms with E-state index in [4.69, 9.17) is 0 Å². The number of aryl methyl sites for hydroxylation is 1. The molecule has 6 aromatic carbocycles. The predicted octanol–water partition coefficient (Wildman–Crippen LogP) is 10.1. The second-order valence-corrected chi connectivity index (χ2v) is 11.0. The smallest absolute Gasteiger partial charge is 0.262 e. The topological polar surface area (TPSA) is 26.9 Å². The molecule has 0 aliphatic carbocycles. The molecule has 0 saturated carbocycles. The first-order valence-electron chi connectivity index (χ1n) is 14.6. The lowest BCUT2D eigenvalue weighted by molar-refractivity contribution is 0.0969. The molecule has 0 fully saturated rings. The van der Waals surface area contributed by atoms with Crippen LogP contribution in [0.25, 0.3) is 60.8 Å². The first kappa shape index (κ1) is 25.1. The molecule has 0 aliphatic rings. The maximum absolute atomic E-state index is 14.5. The molecule has 3 heteroatoms. The quantitative estimate of drug-likeness (QED) is 0.213. The van der Waals surface area contributed by atoms with Gasteiger partial charge < -0.3 is 4.57 Å². The van der Waals surface area contributed by atoms with Crippen LogP contribution in [0.1, 0.15) is 15.9 Å². The second-order valence-electron chi connectivity index (χ2n) is 11.0. The molecule has 204 valence electrons. The highest BCUT2D eigenvalue weighted by Gasteiger charge is 2.27. The van der Waals surface area contributed by atoms with E-state index in [-0.39, 0.29) is 5.91 Å². The number of aromatic nitrogens is 2. The summed E-state index contributed by atoms with van der Waals surface area (Å²) in [4.78, 5) is 14.5. The van der Waals surface area contributed by atoms with Crippen LogP contribution in [0.4, 0.5) is 0 Å². The summed E-state index contributed by atoms with van der Waals surface area (Å²) in [6.07, 6.45) is 0. The molecule has 2 aromatic heterocycles. The number of benzene rings is 6. The van der Waals surface area contributed by atoms with Crippen LogP contribution in [-0.2, 0) is 0 Å². The molecule has 0 N–H and O–H groups in total. The van der Waals surface area contributed by atoms with Crippen LogP contribution in [-0.4, -0.2) is 15.0 Å². The van der Waals surface area contributed by atoms with Gasteiger partial charge >= 0.3 is 0 Å². The Kier molecular flexibility index (Phi) is 5.83. The van der Waals surface area contributed by atoms with Crippen molar-refractivity contribution in [3.05, 3.63) is 163 Å². The number of carbonyl (C=O) groups excluding carboxylic acids is 1. The third-order valence-electron chi connectivity index (χ3n) is 8.39. The van der Waals surface area contributed by atoms with Gasteiger partial charge in [-0.2, -0.15) is 0 Å². The van der Waals surface area contributed by atoms with Gasteiger partial charge in [-0.05, 0) is 48.4 Å². The maximum atomic E-state index is 14.5. The van der Waals surface area contributed by atoms with E-state index in [1.807, 2.05) is 54.0 Å². The zero-order valence-electron chi connectivity index (χ0n) is 23.7. The summed E-state index contributed by atoms with van der Waals surface area (Å²) < 4.78 is 4.29. The van der Waals surface area contributed by atoms with E-state index >= 15 is 0 Å². The summed E-state index contributed by atoms with van der Waals surface area (Å²) in [5.74, 6) is -0.0398. The van der Waals surface area contributed by atoms with Crippen molar-refractivity contribution in [3.8, 4) is 28.1 Å². The van der Waals surface area contributed by atoms with Crippen molar-refractivity contribution in [3.63, 3.8) is 0 Å². The number of para-hydroxylation sites is 2. The molecule has 3 nitrogen and oxygen atoms in total. The number of rotatable bonds is 4. The molecule has 2 heterocycles. The fourth-order valence-corrected chi connectivity index (χ4v) is 6.46. The van der Waals surface area contributed by atoms with Gasteiger partial charge in [-0.15, -0.1) is 0 Å². The fourth-order valence-electron chi connectivity index (χ4n) is 6.46. The lowest BCUT2D eigenvalue weighted by Crippen LogP contribution is -2.12. The van der Waals surface area contributed by atoms with Crippen molar-refractivity contribution in [2.75, 3.05) is 0 Å². The highest BCUT2D eigenvalue weighted by Crippen LogP contribution is 2.46. The van der Waals surface area contributed by atoms with Gasteiger partial charge in [-0.1, -0.05) is 127 Å². The Morgan fingerprint density at radius 2 is 1.09 bits per heavy atom. The minimum Gasteiger partial charge on any atom is -0.307 e.